The minimum atomic E-state index is -3.84. The fourth-order valence-corrected chi connectivity index (χ4v) is 3.64. The van der Waals surface area contributed by atoms with E-state index in [0.29, 0.717) is 5.56 Å². The highest BCUT2D eigenvalue weighted by Gasteiger charge is 2.21. The summed E-state index contributed by atoms with van der Waals surface area (Å²) in [6.07, 6.45) is 0. The summed E-state index contributed by atoms with van der Waals surface area (Å²) in [5, 5.41) is 5.36. The number of hydrogen-bond donors (Lipinski definition) is 1. The highest BCUT2D eigenvalue weighted by molar-refractivity contribution is 7.89. The van der Waals surface area contributed by atoms with Crippen molar-refractivity contribution >= 4 is 15.9 Å². The molecule has 1 amide bonds. The predicted octanol–water partition coefficient (Wildman–Crippen LogP) is 4.20. The zero-order valence-electron chi connectivity index (χ0n) is 18.4. The minimum absolute atomic E-state index is 0.0188. The molecule has 0 aromatic heterocycles. The predicted molar refractivity (Wildman–Crippen MR) is 117 cm³/mol. The van der Waals surface area contributed by atoms with Crippen molar-refractivity contribution in [2.75, 3.05) is 7.05 Å². The van der Waals surface area contributed by atoms with Crippen LogP contribution in [0.4, 0.5) is 0 Å². The number of sulfonamides is 1. The van der Waals surface area contributed by atoms with E-state index in [2.05, 4.69) is 20.8 Å². The molecular formula is C23H32N2O3S. The lowest BCUT2D eigenvalue weighted by Gasteiger charge is -2.23. The Kier molecular flexibility index (Phi) is 6.31. The molecular weight excluding hydrogens is 384 g/mol. The fraction of sp³-hybridized carbons (Fsp3) is 0.435. The molecule has 0 heterocycles. The van der Waals surface area contributed by atoms with Crippen LogP contribution in [-0.4, -0.2) is 26.3 Å². The number of benzene rings is 2. The van der Waals surface area contributed by atoms with Gasteiger partial charge in [0, 0.05) is 19.2 Å². The Morgan fingerprint density at radius 3 is 1.86 bits per heavy atom. The van der Waals surface area contributed by atoms with Crippen LogP contribution in [-0.2, 0) is 27.4 Å². The second-order valence-electron chi connectivity index (χ2n) is 9.65. The van der Waals surface area contributed by atoms with E-state index in [0.717, 1.165) is 16.7 Å². The third kappa shape index (κ3) is 5.90. The van der Waals surface area contributed by atoms with E-state index in [1.807, 2.05) is 51.1 Å². The molecule has 0 saturated heterocycles. The number of amides is 1. The van der Waals surface area contributed by atoms with Crippen molar-refractivity contribution in [3.8, 4) is 0 Å². The Morgan fingerprint density at radius 1 is 0.897 bits per heavy atom. The van der Waals surface area contributed by atoms with Crippen molar-refractivity contribution in [2.24, 2.45) is 5.14 Å². The Morgan fingerprint density at radius 2 is 1.41 bits per heavy atom. The van der Waals surface area contributed by atoms with Gasteiger partial charge in [-0.05, 0) is 51.8 Å². The van der Waals surface area contributed by atoms with E-state index < -0.39 is 10.0 Å². The van der Waals surface area contributed by atoms with Crippen LogP contribution >= 0.6 is 0 Å². The maximum atomic E-state index is 12.9. The van der Waals surface area contributed by atoms with Crippen LogP contribution in [0.25, 0.3) is 0 Å². The van der Waals surface area contributed by atoms with E-state index in [4.69, 9.17) is 5.14 Å². The van der Waals surface area contributed by atoms with Crippen molar-refractivity contribution in [3.05, 3.63) is 64.7 Å². The molecule has 6 heteroatoms. The SMILES string of the molecule is CN(Cc1cc(C(C)(C)C)cc(S(N)(=O)=O)c1)C(=O)c1ccc(C(C)(C)C)cc1. The van der Waals surface area contributed by atoms with Crippen LogP contribution < -0.4 is 5.14 Å². The van der Waals surface area contributed by atoms with Crippen molar-refractivity contribution in [1.29, 1.82) is 0 Å². The summed E-state index contributed by atoms with van der Waals surface area (Å²) >= 11 is 0. The van der Waals surface area contributed by atoms with Crippen LogP contribution in [0.1, 0.15) is 68.6 Å². The van der Waals surface area contributed by atoms with Gasteiger partial charge >= 0.3 is 0 Å². The first-order valence-electron chi connectivity index (χ1n) is 9.62. The zero-order chi connectivity index (χ0) is 22.2. The molecule has 158 valence electrons. The molecule has 0 aliphatic rings. The summed E-state index contributed by atoms with van der Waals surface area (Å²) in [5.41, 5.74) is 3.11. The Bertz CT molecular complexity index is 996. The highest BCUT2D eigenvalue weighted by Crippen LogP contribution is 2.27. The van der Waals surface area contributed by atoms with Crippen LogP contribution in [0.2, 0.25) is 0 Å². The quantitative estimate of drug-likeness (QED) is 0.811. The maximum absolute atomic E-state index is 12.9. The number of carbonyl (C=O) groups is 1. The van der Waals surface area contributed by atoms with Gasteiger partial charge in [-0.15, -0.1) is 0 Å². The van der Waals surface area contributed by atoms with E-state index in [1.54, 1.807) is 18.0 Å². The van der Waals surface area contributed by atoms with Gasteiger partial charge in [-0.1, -0.05) is 59.7 Å². The average Bonchev–Trinajstić information content (AvgIpc) is 2.58. The molecule has 0 unspecified atom stereocenters. The number of nitrogens with two attached hydrogens (primary N) is 1. The van der Waals surface area contributed by atoms with E-state index in [9.17, 15) is 13.2 Å². The van der Waals surface area contributed by atoms with E-state index in [-0.39, 0.29) is 28.2 Å². The van der Waals surface area contributed by atoms with Crippen molar-refractivity contribution in [1.82, 2.24) is 4.90 Å². The molecule has 0 radical (unpaired) electrons. The first-order valence-corrected chi connectivity index (χ1v) is 11.2. The Hall–Kier alpha value is -2.18. The number of primary sulfonamides is 1. The molecule has 5 nitrogen and oxygen atoms in total. The number of hydrogen-bond acceptors (Lipinski definition) is 3. The second-order valence-corrected chi connectivity index (χ2v) is 11.2. The number of nitrogens with zero attached hydrogens (tertiary/aromatic N) is 1. The molecule has 0 saturated carbocycles. The van der Waals surface area contributed by atoms with Gasteiger partial charge in [0.2, 0.25) is 10.0 Å². The molecule has 2 rings (SSSR count). The van der Waals surface area contributed by atoms with Gasteiger partial charge in [0.1, 0.15) is 0 Å². The van der Waals surface area contributed by atoms with Crippen molar-refractivity contribution < 1.29 is 13.2 Å². The molecule has 0 aliphatic heterocycles. The summed E-state index contributed by atoms with van der Waals surface area (Å²) in [6.45, 7) is 12.7. The number of carbonyl (C=O) groups excluding carboxylic acids is 1. The maximum Gasteiger partial charge on any atom is 0.253 e. The third-order valence-corrected chi connectivity index (χ3v) is 5.82. The monoisotopic (exact) mass is 416 g/mol. The summed E-state index contributed by atoms with van der Waals surface area (Å²) in [6, 6.07) is 12.7. The van der Waals surface area contributed by atoms with Gasteiger partial charge < -0.3 is 4.90 Å². The second kappa shape index (κ2) is 7.92. The minimum Gasteiger partial charge on any atom is -0.337 e. The lowest BCUT2D eigenvalue weighted by molar-refractivity contribution is 0.0785. The zero-order valence-corrected chi connectivity index (χ0v) is 19.2. The van der Waals surface area contributed by atoms with Gasteiger partial charge in [-0.3, -0.25) is 4.79 Å². The summed E-state index contributed by atoms with van der Waals surface area (Å²) in [4.78, 5) is 14.5. The van der Waals surface area contributed by atoms with Gasteiger partial charge in [0.15, 0.2) is 0 Å². The van der Waals surface area contributed by atoms with Gasteiger partial charge in [0.05, 0.1) is 4.90 Å². The van der Waals surface area contributed by atoms with Crippen molar-refractivity contribution in [3.63, 3.8) is 0 Å². The molecule has 2 aromatic rings. The Balaban J connectivity index is 2.32. The van der Waals surface area contributed by atoms with Gasteiger partial charge in [0.25, 0.3) is 5.91 Å². The molecule has 0 bridgehead atoms. The van der Waals surface area contributed by atoms with E-state index in [1.165, 1.54) is 6.07 Å². The summed E-state index contributed by atoms with van der Waals surface area (Å²) < 4.78 is 23.8. The average molecular weight is 417 g/mol. The van der Waals surface area contributed by atoms with Crippen LogP contribution in [0, 0.1) is 0 Å². The molecule has 29 heavy (non-hydrogen) atoms. The summed E-state index contributed by atoms with van der Waals surface area (Å²) in [7, 11) is -2.13. The molecule has 0 aliphatic carbocycles. The van der Waals surface area contributed by atoms with Gasteiger partial charge in [-0.2, -0.15) is 0 Å². The topological polar surface area (TPSA) is 80.5 Å². The lowest BCUT2D eigenvalue weighted by Crippen LogP contribution is -2.27. The third-order valence-electron chi connectivity index (χ3n) is 4.93. The van der Waals surface area contributed by atoms with Crippen LogP contribution in [0.5, 0.6) is 0 Å². The molecule has 2 N–H and O–H groups in total. The summed E-state index contributed by atoms with van der Waals surface area (Å²) in [5.74, 6) is -0.122. The van der Waals surface area contributed by atoms with E-state index >= 15 is 0 Å². The first-order chi connectivity index (χ1) is 13.1. The molecule has 0 spiro atoms. The largest absolute Gasteiger partial charge is 0.337 e. The smallest absolute Gasteiger partial charge is 0.253 e. The highest BCUT2D eigenvalue weighted by atomic mass is 32.2. The van der Waals surface area contributed by atoms with Crippen molar-refractivity contribution in [2.45, 2.75) is 63.8 Å². The molecule has 2 aromatic carbocycles. The van der Waals surface area contributed by atoms with Crippen LogP contribution in [0.15, 0.2) is 47.4 Å². The van der Waals surface area contributed by atoms with Gasteiger partial charge in [-0.25, -0.2) is 13.6 Å². The fourth-order valence-electron chi connectivity index (χ4n) is 3.03. The molecule has 0 atom stereocenters. The van der Waals surface area contributed by atoms with Crippen LogP contribution in [0.3, 0.4) is 0 Å². The lowest BCUT2D eigenvalue weighted by atomic mass is 9.86. The Labute approximate surface area is 175 Å². The normalized spacial score (nSPS) is 12.7. The molecule has 0 fully saturated rings. The standard InChI is InChI=1S/C23H32N2O3S/c1-22(2,3)18-10-8-17(9-11-18)21(26)25(7)15-16-12-19(23(4,5)6)14-20(13-16)29(24,27)28/h8-14H,15H2,1-7H3,(H2,24,27,28). The first kappa shape index (κ1) is 23.1. The number of rotatable bonds is 4.